The number of hydrogen-bond acceptors (Lipinski definition) is 3. The molecule has 2 aromatic carbocycles. The first kappa shape index (κ1) is 20.0. The molecule has 1 unspecified atom stereocenters. The van der Waals surface area contributed by atoms with Gasteiger partial charge in [-0.3, -0.25) is 4.99 Å². The van der Waals surface area contributed by atoms with E-state index in [0.29, 0.717) is 18.3 Å². The number of nitrogens with zero attached hydrogens (tertiary/aromatic N) is 2. The van der Waals surface area contributed by atoms with Crippen LogP contribution in [0, 0.1) is 5.82 Å². The third-order valence-electron chi connectivity index (χ3n) is 4.89. The molecule has 0 spiro atoms. The number of hydrogen-bond donors (Lipinski definition) is 2. The Morgan fingerprint density at radius 3 is 2.46 bits per heavy atom. The topological polar surface area (TPSA) is 48.9 Å². The Hall–Kier alpha value is -2.76. The predicted molar refractivity (Wildman–Crippen MR) is 113 cm³/mol. The number of ether oxygens (including phenoxy) is 1. The minimum Gasteiger partial charge on any atom is -0.489 e. The molecule has 0 radical (unpaired) electrons. The zero-order chi connectivity index (χ0) is 19.8. The molecular weight excluding hydrogens is 355 g/mol. The Labute approximate surface area is 166 Å². The predicted octanol–water partition coefficient (Wildman–Crippen LogP) is 3.43. The minimum atomic E-state index is -0.263. The van der Waals surface area contributed by atoms with Crippen LogP contribution >= 0.6 is 0 Å². The van der Waals surface area contributed by atoms with Gasteiger partial charge in [0, 0.05) is 31.9 Å². The summed E-state index contributed by atoms with van der Waals surface area (Å²) < 4.78 is 18.8. The minimum absolute atomic E-state index is 0.0658. The molecule has 0 aromatic heterocycles. The van der Waals surface area contributed by atoms with Crippen molar-refractivity contribution in [1.29, 1.82) is 0 Å². The molecule has 1 saturated heterocycles. The van der Waals surface area contributed by atoms with Crippen molar-refractivity contribution in [2.45, 2.75) is 31.9 Å². The number of guanidine groups is 1. The maximum absolute atomic E-state index is 13.0. The van der Waals surface area contributed by atoms with Gasteiger partial charge >= 0.3 is 0 Å². The van der Waals surface area contributed by atoms with Gasteiger partial charge in [-0.2, -0.15) is 0 Å². The molecule has 28 heavy (non-hydrogen) atoms. The van der Waals surface area contributed by atoms with Gasteiger partial charge in [0.05, 0.1) is 6.54 Å². The second-order valence-electron chi connectivity index (χ2n) is 7.08. The highest BCUT2D eigenvalue weighted by atomic mass is 19.1. The second kappa shape index (κ2) is 9.97. The number of aliphatic imine (C=N–C) groups is 1. The molecule has 2 N–H and O–H groups in total. The maximum Gasteiger partial charge on any atom is 0.191 e. The standard InChI is InChI=1S/C22H29FN4O/c1-17(28-21-10-8-18(23)9-11-21)16-25-22(24-2)26-19-12-14-27(15-13-19)20-6-4-3-5-7-20/h3-11,17,19H,12-16H2,1-2H3,(H2,24,25,26). The van der Waals surface area contributed by atoms with Crippen molar-refractivity contribution >= 4 is 11.6 Å². The van der Waals surface area contributed by atoms with Gasteiger partial charge in [0.15, 0.2) is 5.96 Å². The van der Waals surface area contributed by atoms with Gasteiger partial charge in [0.1, 0.15) is 17.7 Å². The molecule has 1 atom stereocenters. The lowest BCUT2D eigenvalue weighted by Gasteiger charge is -2.34. The van der Waals surface area contributed by atoms with E-state index in [4.69, 9.17) is 4.74 Å². The normalized spacial score (nSPS) is 16.5. The highest BCUT2D eigenvalue weighted by Crippen LogP contribution is 2.19. The zero-order valence-corrected chi connectivity index (χ0v) is 16.6. The molecule has 1 aliphatic rings. The summed E-state index contributed by atoms with van der Waals surface area (Å²) in [5, 5.41) is 6.83. The van der Waals surface area contributed by atoms with Crippen LogP contribution in [-0.2, 0) is 0 Å². The molecule has 1 heterocycles. The Balaban J connectivity index is 1.40. The fourth-order valence-electron chi connectivity index (χ4n) is 3.34. The SMILES string of the molecule is CN=C(NCC(C)Oc1ccc(F)cc1)NC1CCN(c2ccccc2)CC1. The van der Waals surface area contributed by atoms with Gasteiger partial charge in [-0.05, 0) is 56.2 Å². The van der Waals surface area contributed by atoms with Crippen molar-refractivity contribution in [3.05, 3.63) is 60.4 Å². The van der Waals surface area contributed by atoms with E-state index in [9.17, 15) is 4.39 Å². The van der Waals surface area contributed by atoms with E-state index in [1.165, 1.54) is 17.8 Å². The quantitative estimate of drug-likeness (QED) is 0.592. The lowest BCUT2D eigenvalue weighted by Crippen LogP contribution is -2.50. The molecule has 5 nitrogen and oxygen atoms in total. The third kappa shape index (κ3) is 5.87. The summed E-state index contributed by atoms with van der Waals surface area (Å²) in [4.78, 5) is 6.75. The summed E-state index contributed by atoms with van der Waals surface area (Å²) in [6, 6.07) is 17.0. The van der Waals surface area contributed by atoms with Gasteiger partial charge < -0.3 is 20.3 Å². The molecule has 0 bridgehead atoms. The summed E-state index contributed by atoms with van der Waals surface area (Å²) in [6.07, 6.45) is 2.07. The van der Waals surface area contributed by atoms with Crippen molar-refractivity contribution in [2.24, 2.45) is 4.99 Å². The first-order valence-corrected chi connectivity index (χ1v) is 9.83. The summed E-state index contributed by atoms with van der Waals surface area (Å²) in [5.74, 6) is 1.18. The van der Waals surface area contributed by atoms with Crippen LogP contribution in [0.25, 0.3) is 0 Å². The largest absolute Gasteiger partial charge is 0.489 e. The lowest BCUT2D eigenvalue weighted by molar-refractivity contribution is 0.223. The fourth-order valence-corrected chi connectivity index (χ4v) is 3.34. The van der Waals surface area contributed by atoms with Crippen molar-refractivity contribution in [2.75, 3.05) is 31.6 Å². The number of benzene rings is 2. The summed E-state index contributed by atoms with van der Waals surface area (Å²) in [5.41, 5.74) is 1.29. The zero-order valence-electron chi connectivity index (χ0n) is 16.6. The molecule has 2 aromatic rings. The van der Waals surface area contributed by atoms with Gasteiger partial charge in [0.25, 0.3) is 0 Å². The van der Waals surface area contributed by atoms with E-state index in [1.54, 1.807) is 19.2 Å². The molecular formula is C22H29FN4O. The van der Waals surface area contributed by atoms with Crippen molar-refractivity contribution in [3.8, 4) is 5.75 Å². The van der Waals surface area contributed by atoms with Crippen LogP contribution in [-0.4, -0.2) is 44.8 Å². The smallest absolute Gasteiger partial charge is 0.191 e. The molecule has 3 rings (SSSR count). The first-order chi connectivity index (χ1) is 13.6. The summed E-state index contributed by atoms with van der Waals surface area (Å²) in [7, 11) is 1.78. The van der Waals surface area contributed by atoms with Crippen LogP contribution in [0.1, 0.15) is 19.8 Å². The molecule has 1 aliphatic heterocycles. The van der Waals surface area contributed by atoms with Crippen LogP contribution < -0.4 is 20.3 Å². The van der Waals surface area contributed by atoms with Crippen molar-refractivity contribution < 1.29 is 9.13 Å². The van der Waals surface area contributed by atoms with Crippen LogP contribution in [0.15, 0.2) is 59.6 Å². The van der Waals surface area contributed by atoms with Gasteiger partial charge in [-0.25, -0.2) is 4.39 Å². The fraction of sp³-hybridized carbons (Fsp3) is 0.409. The number of para-hydroxylation sites is 1. The number of anilines is 1. The average Bonchev–Trinajstić information content (AvgIpc) is 2.74. The van der Waals surface area contributed by atoms with E-state index in [1.807, 2.05) is 13.0 Å². The van der Waals surface area contributed by atoms with Gasteiger partial charge in [-0.15, -0.1) is 0 Å². The van der Waals surface area contributed by atoms with E-state index in [2.05, 4.69) is 44.8 Å². The number of nitrogens with one attached hydrogen (secondary N) is 2. The first-order valence-electron chi connectivity index (χ1n) is 9.83. The molecule has 1 fully saturated rings. The van der Waals surface area contributed by atoms with E-state index in [0.717, 1.165) is 31.9 Å². The lowest BCUT2D eigenvalue weighted by atomic mass is 10.0. The molecule has 0 amide bonds. The van der Waals surface area contributed by atoms with Gasteiger partial charge in [-0.1, -0.05) is 18.2 Å². The Morgan fingerprint density at radius 2 is 1.82 bits per heavy atom. The highest BCUT2D eigenvalue weighted by molar-refractivity contribution is 5.80. The molecule has 0 aliphatic carbocycles. The number of piperidine rings is 1. The Morgan fingerprint density at radius 1 is 1.14 bits per heavy atom. The number of rotatable bonds is 6. The molecule has 6 heteroatoms. The van der Waals surface area contributed by atoms with E-state index < -0.39 is 0 Å². The van der Waals surface area contributed by atoms with E-state index >= 15 is 0 Å². The summed E-state index contributed by atoms with van der Waals surface area (Å²) in [6.45, 7) is 4.65. The average molecular weight is 384 g/mol. The van der Waals surface area contributed by atoms with Gasteiger partial charge in [0.2, 0.25) is 0 Å². The van der Waals surface area contributed by atoms with E-state index in [-0.39, 0.29) is 11.9 Å². The third-order valence-corrected chi connectivity index (χ3v) is 4.89. The van der Waals surface area contributed by atoms with Crippen LogP contribution in [0.5, 0.6) is 5.75 Å². The van der Waals surface area contributed by atoms with Crippen LogP contribution in [0.2, 0.25) is 0 Å². The summed E-state index contributed by atoms with van der Waals surface area (Å²) >= 11 is 0. The Kier molecular flexibility index (Phi) is 7.12. The Bertz CT molecular complexity index is 743. The van der Waals surface area contributed by atoms with Crippen molar-refractivity contribution in [1.82, 2.24) is 10.6 Å². The molecule has 150 valence electrons. The number of halogens is 1. The monoisotopic (exact) mass is 384 g/mol. The maximum atomic E-state index is 13.0. The highest BCUT2D eigenvalue weighted by Gasteiger charge is 2.20. The van der Waals surface area contributed by atoms with Crippen LogP contribution in [0.4, 0.5) is 10.1 Å². The van der Waals surface area contributed by atoms with Crippen LogP contribution in [0.3, 0.4) is 0 Å². The van der Waals surface area contributed by atoms with Crippen molar-refractivity contribution in [3.63, 3.8) is 0 Å². The molecule has 0 saturated carbocycles. The second-order valence-corrected chi connectivity index (χ2v) is 7.08.